The van der Waals surface area contributed by atoms with Crippen molar-refractivity contribution in [2.24, 2.45) is 11.8 Å². The number of nitrogens with one attached hydrogen (secondary N) is 1. The first-order valence-corrected chi connectivity index (χ1v) is 10.6. The number of carbonyl (C=O) groups is 4. The number of hydrogen-bond donors (Lipinski definition) is 1. The van der Waals surface area contributed by atoms with Crippen molar-refractivity contribution in [3.05, 3.63) is 66.2 Å². The highest BCUT2D eigenvalue weighted by atomic mass is 16.5. The Morgan fingerprint density at radius 3 is 2.34 bits per heavy atom. The maximum atomic E-state index is 13.8. The molecule has 3 saturated heterocycles. The molecule has 8 heteroatoms. The van der Waals surface area contributed by atoms with E-state index >= 15 is 0 Å². The quantitative estimate of drug-likeness (QED) is 0.577. The van der Waals surface area contributed by atoms with E-state index in [1.807, 2.05) is 35.2 Å². The molecule has 2 aromatic rings. The van der Waals surface area contributed by atoms with Gasteiger partial charge >= 0.3 is 5.97 Å². The number of hydrogen-bond acceptors (Lipinski definition) is 6. The van der Waals surface area contributed by atoms with Gasteiger partial charge in [0.25, 0.3) is 0 Å². The number of rotatable bonds is 4. The zero-order chi connectivity index (χ0) is 22.5. The number of nitrogens with zero attached hydrogens (tertiary/aromatic N) is 2. The third-order valence-corrected chi connectivity index (χ3v) is 6.88. The van der Waals surface area contributed by atoms with Gasteiger partial charge in [-0.15, -0.1) is 0 Å². The van der Waals surface area contributed by atoms with Crippen molar-refractivity contribution in [3.8, 4) is 0 Å². The summed E-state index contributed by atoms with van der Waals surface area (Å²) in [6, 6.07) is 17.6. The molecule has 0 unspecified atom stereocenters. The summed E-state index contributed by atoms with van der Waals surface area (Å²) < 4.78 is 4.91. The van der Waals surface area contributed by atoms with Gasteiger partial charge in [0.1, 0.15) is 5.54 Å². The molecule has 0 saturated carbocycles. The minimum Gasteiger partial charge on any atom is -0.469 e. The van der Waals surface area contributed by atoms with Crippen molar-refractivity contribution >= 4 is 29.4 Å². The van der Waals surface area contributed by atoms with Gasteiger partial charge in [0.2, 0.25) is 17.7 Å². The highest BCUT2D eigenvalue weighted by molar-refractivity contribution is 6.24. The Kier molecular flexibility index (Phi) is 4.82. The highest BCUT2D eigenvalue weighted by Gasteiger charge is 2.73. The van der Waals surface area contributed by atoms with E-state index in [0.717, 1.165) is 5.56 Å². The van der Waals surface area contributed by atoms with Crippen LogP contribution in [0.3, 0.4) is 0 Å². The van der Waals surface area contributed by atoms with Gasteiger partial charge in [0, 0.05) is 19.1 Å². The van der Waals surface area contributed by atoms with Crippen LogP contribution in [0.4, 0.5) is 5.69 Å². The van der Waals surface area contributed by atoms with Crippen LogP contribution in [0.1, 0.15) is 18.0 Å². The molecule has 8 nitrogen and oxygen atoms in total. The van der Waals surface area contributed by atoms with Crippen molar-refractivity contribution in [2.75, 3.05) is 25.1 Å². The average molecular weight is 433 g/mol. The maximum absolute atomic E-state index is 13.8. The minimum absolute atomic E-state index is 0.304. The lowest BCUT2D eigenvalue weighted by molar-refractivity contribution is -0.154. The van der Waals surface area contributed by atoms with Crippen LogP contribution in [0, 0.1) is 11.8 Å². The number of methoxy groups -OCH3 is 1. The first-order chi connectivity index (χ1) is 15.5. The summed E-state index contributed by atoms with van der Waals surface area (Å²) in [5, 5.41) is 2.83. The smallest absolute Gasteiger partial charge is 0.307 e. The first-order valence-electron chi connectivity index (χ1n) is 10.6. The van der Waals surface area contributed by atoms with Gasteiger partial charge in [-0.2, -0.15) is 0 Å². The number of fused-ring (bicyclic) bond motifs is 3. The Hall–Kier alpha value is -3.52. The fourth-order valence-corrected chi connectivity index (χ4v) is 5.64. The Labute approximate surface area is 185 Å². The lowest BCUT2D eigenvalue weighted by atomic mass is 9.76. The number of para-hydroxylation sites is 1. The zero-order valence-electron chi connectivity index (χ0n) is 17.6. The average Bonchev–Trinajstić information content (AvgIpc) is 3.26. The van der Waals surface area contributed by atoms with E-state index < -0.39 is 41.2 Å². The van der Waals surface area contributed by atoms with Crippen LogP contribution in [0.25, 0.3) is 0 Å². The Bertz CT molecular complexity index is 1090. The van der Waals surface area contributed by atoms with Crippen LogP contribution in [0.5, 0.6) is 0 Å². The summed E-state index contributed by atoms with van der Waals surface area (Å²) in [7, 11) is 1.25. The lowest BCUT2D eigenvalue weighted by Gasteiger charge is -2.45. The van der Waals surface area contributed by atoms with E-state index in [1.165, 1.54) is 12.0 Å². The van der Waals surface area contributed by atoms with E-state index in [0.29, 0.717) is 18.8 Å². The largest absolute Gasteiger partial charge is 0.469 e. The normalized spacial score (nSPS) is 29.5. The third-order valence-electron chi connectivity index (χ3n) is 6.88. The van der Waals surface area contributed by atoms with Crippen molar-refractivity contribution in [2.45, 2.75) is 18.0 Å². The Morgan fingerprint density at radius 2 is 1.69 bits per heavy atom. The van der Waals surface area contributed by atoms with E-state index in [9.17, 15) is 19.2 Å². The van der Waals surface area contributed by atoms with Gasteiger partial charge in [-0.3, -0.25) is 24.1 Å². The molecule has 0 aromatic heterocycles. The number of piperazine rings is 1. The molecule has 0 spiro atoms. The number of ether oxygens (including phenoxy) is 1. The van der Waals surface area contributed by atoms with Crippen molar-refractivity contribution in [1.29, 1.82) is 0 Å². The van der Waals surface area contributed by atoms with Gasteiger partial charge in [-0.1, -0.05) is 48.5 Å². The number of anilines is 1. The van der Waals surface area contributed by atoms with Crippen LogP contribution in [-0.4, -0.2) is 54.3 Å². The van der Waals surface area contributed by atoms with Crippen LogP contribution < -0.4 is 10.2 Å². The van der Waals surface area contributed by atoms with Gasteiger partial charge in [-0.25, -0.2) is 4.90 Å². The second kappa shape index (κ2) is 7.56. The van der Waals surface area contributed by atoms with Crippen LogP contribution in [0.2, 0.25) is 0 Å². The molecule has 1 N–H and O–H groups in total. The zero-order valence-corrected chi connectivity index (χ0v) is 17.6. The molecular formula is C24H23N3O5. The highest BCUT2D eigenvalue weighted by Crippen LogP contribution is 2.57. The number of amides is 3. The molecule has 2 aromatic carbocycles. The molecule has 0 bridgehead atoms. The van der Waals surface area contributed by atoms with Gasteiger partial charge in [-0.05, 0) is 17.7 Å². The summed E-state index contributed by atoms with van der Waals surface area (Å²) in [4.78, 5) is 56.5. The molecular weight excluding hydrogens is 410 g/mol. The molecule has 0 aliphatic carbocycles. The van der Waals surface area contributed by atoms with Gasteiger partial charge in [0.15, 0.2) is 0 Å². The number of benzene rings is 2. The van der Waals surface area contributed by atoms with Crippen LogP contribution >= 0.6 is 0 Å². The topological polar surface area (TPSA) is 96.0 Å². The predicted octanol–water partition coefficient (Wildman–Crippen LogP) is 1.28. The standard InChI is InChI=1S/C24H23N3O5/c1-32-17(28)14-24-19-18(21(29)27(22(19)30)16-10-6-3-7-11-16)20(15-8-4-2-5-9-15)26(24)13-12-25-23(24)31/h2-11,18-20H,12-14H2,1H3,(H,25,31)/t18-,19-,20+,24-/m1/s1. The fraction of sp³-hybridized carbons (Fsp3) is 0.333. The molecule has 3 fully saturated rings. The second-order valence-electron chi connectivity index (χ2n) is 8.33. The number of esters is 1. The summed E-state index contributed by atoms with van der Waals surface area (Å²) in [5.74, 6) is -3.63. The number of imide groups is 1. The monoisotopic (exact) mass is 433 g/mol. The predicted molar refractivity (Wildman–Crippen MR) is 114 cm³/mol. The second-order valence-corrected chi connectivity index (χ2v) is 8.33. The third kappa shape index (κ3) is 2.72. The van der Waals surface area contributed by atoms with E-state index in [4.69, 9.17) is 4.74 Å². The molecule has 3 aliphatic heterocycles. The molecule has 3 aliphatic rings. The molecule has 3 amide bonds. The Balaban J connectivity index is 1.71. The lowest BCUT2D eigenvalue weighted by Crippen LogP contribution is -2.67. The van der Waals surface area contributed by atoms with Crippen molar-refractivity contribution < 1.29 is 23.9 Å². The van der Waals surface area contributed by atoms with Crippen molar-refractivity contribution in [3.63, 3.8) is 0 Å². The van der Waals surface area contributed by atoms with E-state index in [2.05, 4.69) is 5.32 Å². The Morgan fingerprint density at radius 1 is 1.03 bits per heavy atom. The minimum atomic E-state index is -1.49. The molecule has 4 atom stereocenters. The van der Waals surface area contributed by atoms with Gasteiger partial charge < -0.3 is 10.1 Å². The van der Waals surface area contributed by atoms with E-state index in [-0.39, 0.29) is 12.3 Å². The molecule has 5 rings (SSSR count). The summed E-state index contributed by atoms with van der Waals surface area (Å²) >= 11 is 0. The van der Waals surface area contributed by atoms with Crippen LogP contribution in [-0.2, 0) is 23.9 Å². The SMILES string of the molecule is COC(=O)C[C@@]12C(=O)NCCN1[C@@H](c1ccccc1)[C@@H]1C(=O)N(c3ccccc3)C(=O)[C@@H]12. The molecule has 3 heterocycles. The number of carbonyl (C=O) groups excluding carboxylic acids is 4. The van der Waals surface area contributed by atoms with Crippen LogP contribution in [0.15, 0.2) is 60.7 Å². The fourth-order valence-electron chi connectivity index (χ4n) is 5.64. The van der Waals surface area contributed by atoms with Crippen molar-refractivity contribution in [1.82, 2.24) is 10.2 Å². The first kappa shape index (κ1) is 20.4. The van der Waals surface area contributed by atoms with E-state index in [1.54, 1.807) is 30.3 Å². The summed E-state index contributed by atoms with van der Waals surface area (Å²) in [6.07, 6.45) is -0.304. The molecule has 0 radical (unpaired) electrons. The molecule has 164 valence electrons. The molecule has 32 heavy (non-hydrogen) atoms. The summed E-state index contributed by atoms with van der Waals surface area (Å²) in [6.45, 7) is 0.788. The summed E-state index contributed by atoms with van der Waals surface area (Å²) in [5.41, 5.74) is -0.202. The van der Waals surface area contributed by atoms with Gasteiger partial charge in [0.05, 0.1) is 31.1 Å². The maximum Gasteiger partial charge on any atom is 0.307 e.